The molecule has 0 amide bonds. The molecule has 0 saturated heterocycles. The molecule has 0 spiro atoms. The molecule has 0 atom stereocenters. The van der Waals surface area contributed by atoms with E-state index in [0.717, 1.165) is 0 Å². The average Bonchev–Trinajstić information content (AvgIpc) is 2.44. The summed E-state index contributed by atoms with van der Waals surface area (Å²) < 4.78 is 9.43. The van der Waals surface area contributed by atoms with Gasteiger partial charge in [-0.2, -0.15) is 0 Å². The molecule has 2 aromatic carbocycles. The Labute approximate surface area is 104 Å². The monoisotopic (exact) mass is 244 g/mol. The molecule has 0 saturated carbocycles. The Morgan fingerprint density at radius 3 is 1.50 bits per heavy atom. The molecule has 0 aliphatic heterocycles. The van der Waals surface area contributed by atoms with Gasteiger partial charge in [-0.05, 0) is 22.9 Å². The molecule has 0 radical (unpaired) electrons. The molecule has 18 heavy (non-hydrogen) atoms. The number of hydrogen-bond acceptors (Lipinski definition) is 4. The fraction of sp³-hybridized carbons (Fsp3) is 0.143. The van der Waals surface area contributed by atoms with Crippen molar-refractivity contribution in [3.63, 3.8) is 0 Å². The topological polar surface area (TPSA) is 52.6 Å². The van der Waals surface area contributed by atoms with E-state index in [-0.39, 0.29) is 0 Å². The third-order valence-corrected chi connectivity index (χ3v) is 2.73. The van der Waals surface area contributed by atoms with Crippen molar-refractivity contribution >= 4 is 22.7 Å². The maximum absolute atomic E-state index is 11.6. The van der Waals surface area contributed by atoms with E-state index in [4.69, 9.17) is 9.47 Å². The molecule has 0 N–H and O–H groups in total. The smallest absolute Gasteiger partial charge is 0.338 e. The van der Waals surface area contributed by atoms with Gasteiger partial charge in [-0.3, -0.25) is 0 Å². The molecule has 0 aromatic heterocycles. The van der Waals surface area contributed by atoms with Gasteiger partial charge in [0, 0.05) is 0 Å². The molecule has 4 heteroatoms. The van der Waals surface area contributed by atoms with Crippen LogP contribution in [0.1, 0.15) is 20.7 Å². The van der Waals surface area contributed by atoms with Crippen LogP contribution in [0.5, 0.6) is 0 Å². The normalized spacial score (nSPS) is 10.1. The molecule has 0 heterocycles. The number of carbonyl (C=O) groups is 2. The van der Waals surface area contributed by atoms with E-state index in [1.807, 2.05) is 0 Å². The molecular weight excluding hydrogens is 232 g/mol. The number of carbonyl (C=O) groups excluding carboxylic acids is 2. The van der Waals surface area contributed by atoms with Crippen LogP contribution in [-0.2, 0) is 9.47 Å². The van der Waals surface area contributed by atoms with Crippen LogP contribution in [0.15, 0.2) is 36.4 Å². The first-order valence-corrected chi connectivity index (χ1v) is 5.37. The van der Waals surface area contributed by atoms with Crippen LogP contribution in [-0.4, -0.2) is 26.2 Å². The maximum Gasteiger partial charge on any atom is 0.338 e. The van der Waals surface area contributed by atoms with Gasteiger partial charge >= 0.3 is 11.9 Å². The molecule has 92 valence electrons. The minimum absolute atomic E-state index is 0.428. The average molecular weight is 244 g/mol. The van der Waals surface area contributed by atoms with E-state index in [1.54, 1.807) is 36.4 Å². The molecule has 2 aromatic rings. The zero-order valence-corrected chi connectivity index (χ0v) is 10.1. The first kappa shape index (κ1) is 12.1. The summed E-state index contributed by atoms with van der Waals surface area (Å²) in [4.78, 5) is 23.3. The molecule has 0 bridgehead atoms. The van der Waals surface area contributed by atoms with Crippen molar-refractivity contribution in [1.29, 1.82) is 0 Å². The lowest BCUT2D eigenvalue weighted by molar-refractivity contribution is 0.0592. The van der Waals surface area contributed by atoms with Crippen LogP contribution < -0.4 is 0 Å². The SMILES string of the molecule is COC(=O)c1cccc2c(C(=O)OC)cccc12. The standard InChI is InChI=1S/C14H12O4/c1-17-13(15)11-7-3-6-10-9(11)5-4-8-12(10)14(16)18-2/h3-8H,1-2H3. The Bertz CT molecular complexity index is 561. The molecular formula is C14H12O4. The third-order valence-electron chi connectivity index (χ3n) is 2.73. The second kappa shape index (κ2) is 4.87. The maximum atomic E-state index is 11.6. The summed E-state index contributed by atoms with van der Waals surface area (Å²) in [5.41, 5.74) is 0.863. The van der Waals surface area contributed by atoms with Crippen molar-refractivity contribution in [3.8, 4) is 0 Å². The van der Waals surface area contributed by atoms with E-state index in [0.29, 0.717) is 21.9 Å². The molecule has 0 aliphatic carbocycles. The van der Waals surface area contributed by atoms with E-state index in [1.165, 1.54) is 14.2 Å². The van der Waals surface area contributed by atoms with Gasteiger partial charge in [0.05, 0.1) is 25.3 Å². The Morgan fingerprint density at radius 1 is 0.778 bits per heavy atom. The molecule has 0 unspecified atom stereocenters. The summed E-state index contributed by atoms with van der Waals surface area (Å²) in [5, 5.41) is 1.35. The van der Waals surface area contributed by atoms with Crippen LogP contribution in [0.25, 0.3) is 10.8 Å². The van der Waals surface area contributed by atoms with Gasteiger partial charge in [0.15, 0.2) is 0 Å². The zero-order chi connectivity index (χ0) is 13.1. The summed E-state index contributed by atoms with van der Waals surface area (Å²) in [6.45, 7) is 0. The van der Waals surface area contributed by atoms with Gasteiger partial charge in [0.1, 0.15) is 0 Å². The Balaban J connectivity index is 2.73. The van der Waals surface area contributed by atoms with Crippen LogP contribution in [0.4, 0.5) is 0 Å². The highest BCUT2D eigenvalue weighted by Crippen LogP contribution is 2.23. The number of hydrogen-bond donors (Lipinski definition) is 0. The Hall–Kier alpha value is -2.36. The van der Waals surface area contributed by atoms with Gasteiger partial charge in [-0.15, -0.1) is 0 Å². The lowest BCUT2D eigenvalue weighted by Gasteiger charge is -2.07. The number of benzene rings is 2. The van der Waals surface area contributed by atoms with Gasteiger partial charge in [0.2, 0.25) is 0 Å². The Kier molecular flexibility index (Phi) is 3.28. The fourth-order valence-electron chi connectivity index (χ4n) is 1.89. The van der Waals surface area contributed by atoms with E-state index >= 15 is 0 Å². The number of esters is 2. The van der Waals surface area contributed by atoms with Crippen LogP contribution >= 0.6 is 0 Å². The van der Waals surface area contributed by atoms with Gasteiger partial charge in [-0.1, -0.05) is 24.3 Å². The van der Waals surface area contributed by atoms with Crippen LogP contribution in [0.2, 0.25) is 0 Å². The summed E-state index contributed by atoms with van der Waals surface area (Å²) >= 11 is 0. The van der Waals surface area contributed by atoms with Crippen LogP contribution in [0.3, 0.4) is 0 Å². The lowest BCUT2D eigenvalue weighted by atomic mass is 10.00. The van der Waals surface area contributed by atoms with Crippen molar-refractivity contribution in [2.24, 2.45) is 0 Å². The molecule has 2 rings (SSSR count). The van der Waals surface area contributed by atoms with E-state index in [9.17, 15) is 9.59 Å². The number of fused-ring (bicyclic) bond motifs is 1. The van der Waals surface area contributed by atoms with Crippen LogP contribution in [0, 0.1) is 0 Å². The highest BCUT2D eigenvalue weighted by molar-refractivity contribution is 6.11. The number of ether oxygens (including phenoxy) is 2. The van der Waals surface area contributed by atoms with Gasteiger partial charge in [-0.25, -0.2) is 9.59 Å². The summed E-state index contributed by atoms with van der Waals surface area (Å²) in [6, 6.07) is 10.3. The summed E-state index contributed by atoms with van der Waals surface area (Å²) in [7, 11) is 2.65. The number of methoxy groups -OCH3 is 2. The Morgan fingerprint density at radius 2 is 1.17 bits per heavy atom. The van der Waals surface area contributed by atoms with Crippen molar-refractivity contribution in [3.05, 3.63) is 47.5 Å². The first-order chi connectivity index (χ1) is 8.69. The predicted octanol–water partition coefficient (Wildman–Crippen LogP) is 2.41. The lowest BCUT2D eigenvalue weighted by Crippen LogP contribution is -2.05. The summed E-state index contributed by atoms with van der Waals surface area (Å²) in [6.07, 6.45) is 0. The quantitative estimate of drug-likeness (QED) is 0.761. The second-order valence-electron chi connectivity index (χ2n) is 3.69. The molecule has 4 nitrogen and oxygen atoms in total. The molecule has 0 aliphatic rings. The van der Waals surface area contributed by atoms with Crippen molar-refractivity contribution in [1.82, 2.24) is 0 Å². The van der Waals surface area contributed by atoms with Gasteiger partial charge < -0.3 is 9.47 Å². The minimum Gasteiger partial charge on any atom is -0.465 e. The van der Waals surface area contributed by atoms with Gasteiger partial charge in [0.25, 0.3) is 0 Å². The predicted molar refractivity (Wildman–Crippen MR) is 66.6 cm³/mol. The second-order valence-corrected chi connectivity index (χ2v) is 3.69. The highest BCUT2D eigenvalue weighted by Gasteiger charge is 2.14. The van der Waals surface area contributed by atoms with E-state index in [2.05, 4.69) is 0 Å². The largest absolute Gasteiger partial charge is 0.465 e. The number of rotatable bonds is 2. The van der Waals surface area contributed by atoms with Crippen molar-refractivity contribution in [2.75, 3.05) is 14.2 Å². The van der Waals surface area contributed by atoms with E-state index < -0.39 is 11.9 Å². The first-order valence-electron chi connectivity index (χ1n) is 5.37. The fourth-order valence-corrected chi connectivity index (χ4v) is 1.89. The highest BCUT2D eigenvalue weighted by atomic mass is 16.5. The third kappa shape index (κ3) is 1.93. The van der Waals surface area contributed by atoms with Crippen molar-refractivity contribution in [2.45, 2.75) is 0 Å². The molecule has 0 fully saturated rings. The zero-order valence-electron chi connectivity index (χ0n) is 10.1. The minimum atomic E-state index is -0.428. The summed E-state index contributed by atoms with van der Waals surface area (Å²) in [5.74, 6) is -0.856. The van der Waals surface area contributed by atoms with Crippen molar-refractivity contribution < 1.29 is 19.1 Å².